The summed E-state index contributed by atoms with van der Waals surface area (Å²) in [5.41, 5.74) is 2.64. The molecule has 136 valence electrons. The zero-order valence-corrected chi connectivity index (χ0v) is 14.9. The Balaban J connectivity index is 1.28. The zero-order chi connectivity index (χ0) is 17.5. The lowest BCUT2D eigenvalue weighted by Crippen LogP contribution is -2.35. The van der Waals surface area contributed by atoms with E-state index in [1.807, 2.05) is 12.1 Å². The molecule has 2 N–H and O–H groups in total. The fourth-order valence-electron chi connectivity index (χ4n) is 5.00. The lowest BCUT2D eigenvalue weighted by molar-refractivity contribution is 0.101. The fourth-order valence-corrected chi connectivity index (χ4v) is 5.00. The van der Waals surface area contributed by atoms with Crippen molar-refractivity contribution in [3.63, 3.8) is 0 Å². The molecule has 3 atom stereocenters. The molecule has 1 aromatic heterocycles. The van der Waals surface area contributed by atoms with E-state index in [0.29, 0.717) is 29.5 Å². The highest BCUT2D eigenvalue weighted by molar-refractivity contribution is 6.03. The summed E-state index contributed by atoms with van der Waals surface area (Å²) in [6.07, 6.45) is 9.16. The molecule has 3 heterocycles. The lowest BCUT2D eigenvalue weighted by Gasteiger charge is -2.32. The average Bonchev–Trinajstić information content (AvgIpc) is 3.40. The van der Waals surface area contributed by atoms with Crippen LogP contribution in [0.3, 0.4) is 0 Å². The van der Waals surface area contributed by atoms with Crippen LogP contribution in [0.25, 0.3) is 0 Å². The first kappa shape index (κ1) is 16.1. The van der Waals surface area contributed by atoms with Gasteiger partial charge in [0.05, 0.1) is 0 Å². The number of rotatable bonds is 4. The minimum Gasteiger partial charge on any atom is -0.447 e. The van der Waals surface area contributed by atoms with Crippen LogP contribution in [0.1, 0.15) is 72.2 Å². The molecule has 2 saturated carbocycles. The van der Waals surface area contributed by atoms with Gasteiger partial charge in [0, 0.05) is 17.6 Å². The second-order valence-electron chi connectivity index (χ2n) is 8.01. The van der Waals surface area contributed by atoms with Crippen molar-refractivity contribution in [1.29, 1.82) is 0 Å². The van der Waals surface area contributed by atoms with Gasteiger partial charge in [0.1, 0.15) is 5.76 Å². The summed E-state index contributed by atoms with van der Waals surface area (Å²) in [4.78, 5) is 16.9. The van der Waals surface area contributed by atoms with Crippen molar-refractivity contribution in [1.82, 2.24) is 10.3 Å². The summed E-state index contributed by atoms with van der Waals surface area (Å²) in [7, 11) is 0. The quantitative estimate of drug-likeness (QED) is 0.872. The number of oxazole rings is 1. The number of amides is 1. The molecule has 26 heavy (non-hydrogen) atoms. The van der Waals surface area contributed by atoms with Crippen LogP contribution in [0.5, 0.6) is 0 Å². The van der Waals surface area contributed by atoms with Gasteiger partial charge < -0.3 is 15.1 Å². The molecule has 2 bridgehead atoms. The van der Waals surface area contributed by atoms with E-state index in [9.17, 15) is 4.79 Å². The van der Waals surface area contributed by atoms with Crippen molar-refractivity contribution in [3.05, 3.63) is 47.7 Å². The van der Waals surface area contributed by atoms with Gasteiger partial charge in [0.15, 0.2) is 12.1 Å². The third kappa shape index (κ3) is 2.75. The molecular weight excluding hydrogens is 326 g/mol. The summed E-state index contributed by atoms with van der Waals surface area (Å²) >= 11 is 0. The smallest absolute Gasteiger partial charge is 0.277 e. The number of hydrogen-bond acceptors (Lipinski definition) is 4. The molecule has 5 heteroatoms. The number of fused-ring (bicyclic) bond motifs is 1. The fraction of sp³-hybridized carbons (Fsp3) is 0.524. The Morgan fingerprint density at radius 3 is 2.65 bits per heavy atom. The van der Waals surface area contributed by atoms with Gasteiger partial charge >= 0.3 is 0 Å². The normalized spacial score (nSPS) is 27.9. The number of benzene rings is 1. The molecule has 6 rings (SSSR count). The van der Waals surface area contributed by atoms with E-state index in [-0.39, 0.29) is 5.91 Å². The monoisotopic (exact) mass is 351 g/mol. The molecular formula is C21H25N3O2. The van der Waals surface area contributed by atoms with Crippen LogP contribution in [0.4, 0.5) is 5.69 Å². The van der Waals surface area contributed by atoms with Gasteiger partial charge in [-0.25, -0.2) is 4.98 Å². The van der Waals surface area contributed by atoms with E-state index in [1.54, 1.807) is 0 Å². The summed E-state index contributed by atoms with van der Waals surface area (Å²) < 4.78 is 5.59. The number of nitrogens with zero attached hydrogens (tertiary/aromatic N) is 1. The summed E-state index contributed by atoms with van der Waals surface area (Å²) in [5.74, 6) is 2.12. The zero-order valence-electron chi connectivity index (χ0n) is 14.9. The minimum atomic E-state index is -0.175. The SMILES string of the molecule is O=C(Nc1ccc(C2CCCCC2)cc1)c1ncoc1C1C2CNC1C2. The molecule has 3 unspecified atom stereocenters. The topological polar surface area (TPSA) is 67.2 Å². The second-order valence-corrected chi connectivity index (χ2v) is 8.01. The molecule has 2 aromatic rings. The van der Waals surface area contributed by atoms with Crippen molar-refractivity contribution in [2.24, 2.45) is 5.92 Å². The Labute approximate surface area is 153 Å². The number of carbonyl (C=O) groups is 1. The second kappa shape index (κ2) is 6.54. The van der Waals surface area contributed by atoms with E-state index in [0.717, 1.165) is 18.0 Å². The Bertz CT molecular complexity index is 778. The lowest BCUT2D eigenvalue weighted by atomic mass is 9.72. The van der Waals surface area contributed by atoms with Crippen molar-refractivity contribution in [3.8, 4) is 0 Å². The predicted molar refractivity (Wildman–Crippen MR) is 99.4 cm³/mol. The first-order valence-corrected chi connectivity index (χ1v) is 9.87. The summed E-state index contributed by atoms with van der Waals surface area (Å²) in [6, 6.07) is 8.78. The molecule has 2 aliphatic heterocycles. The van der Waals surface area contributed by atoms with Crippen LogP contribution >= 0.6 is 0 Å². The highest BCUT2D eigenvalue weighted by atomic mass is 16.3. The third-order valence-electron chi connectivity index (χ3n) is 6.50. The molecule has 4 fully saturated rings. The molecule has 2 aliphatic carbocycles. The molecule has 5 nitrogen and oxygen atoms in total. The summed E-state index contributed by atoms with van der Waals surface area (Å²) in [5, 5.41) is 6.45. The molecule has 1 aromatic carbocycles. The number of nitrogens with one attached hydrogen (secondary N) is 2. The van der Waals surface area contributed by atoms with Crippen LogP contribution in [0.15, 0.2) is 35.1 Å². The number of anilines is 1. The van der Waals surface area contributed by atoms with Crippen LogP contribution in [0, 0.1) is 5.92 Å². The van der Waals surface area contributed by atoms with E-state index >= 15 is 0 Å². The molecule has 2 saturated heterocycles. The van der Waals surface area contributed by atoms with Gasteiger partial charge in [-0.2, -0.15) is 0 Å². The van der Waals surface area contributed by atoms with E-state index in [2.05, 4.69) is 27.8 Å². The minimum absolute atomic E-state index is 0.175. The van der Waals surface area contributed by atoms with E-state index in [1.165, 1.54) is 50.5 Å². The molecule has 4 aliphatic rings. The maximum Gasteiger partial charge on any atom is 0.277 e. The first-order chi connectivity index (χ1) is 12.8. The van der Waals surface area contributed by atoms with Gasteiger partial charge in [0.2, 0.25) is 0 Å². The summed E-state index contributed by atoms with van der Waals surface area (Å²) in [6.45, 7) is 1.01. The Morgan fingerprint density at radius 2 is 1.96 bits per heavy atom. The average molecular weight is 351 g/mol. The van der Waals surface area contributed by atoms with Crippen LogP contribution in [-0.2, 0) is 0 Å². The highest BCUT2D eigenvalue weighted by Gasteiger charge is 2.50. The Morgan fingerprint density at radius 1 is 1.15 bits per heavy atom. The van der Waals surface area contributed by atoms with E-state index < -0.39 is 0 Å². The van der Waals surface area contributed by atoms with Gasteiger partial charge in [-0.15, -0.1) is 0 Å². The Hall–Kier alpha value is -2.14. The van der Waals surface area contributed by atoms with Gasteiger partial charge in [-0.05, 0) is 55.3 Å². The van der Waals surface area contributed by atoms with Crippen LogP contribution in [0.2, 0.25) is 0 Å². The maximum atomic E-state index is 12.7. The van der Waals surface area contributed by atoms with E-state index in [4.69, 9.17) is 4.42 Å². The largest absolute Gasteiger partial charge is 0.447 e. The van der Waals surface area contributed by atoms with Crippen molar-refractivity contribution < 1.29 is 9.21 Å². The number of carbonyl (C=O) groups excluding carboxylic acids is 1. The number of hydrogen-bond donors (Lipinski definition) is 2. The molecule has 0 spiro atoms. The number of aromatic nitrogens is 1. The van der Waals surface area contributed by atoms with Gasteiger partial charge in [-0.3, -0.25) is 4.79 Å². The van der Waals surface area contributed by atoms with Crippen LogP contribution in [-0.4, -0.2) is 23.5 Å². The van der Waals surface area contributed by atoms with Crippen LogP contribution < -0.4 is 10.6 Å². The Kier molecular flexibility index (Phi) is 4.04. The standard InChI is InChI=1S/C21H25N3O2/c25-21(19-20(26-12-23-19)18-15-10-17(18)22-11-15)24-16-8-6-14(7-9-16)13-4-2-1-3-5-13/h6-9,12-13,15,17-18,22H,1-5,10-11H2,(H,24,25). The highest BCUT2D eigenvalue weighted by Crippen LogP contribution is 2.48. The first-order valence-electron chi connectivity index (χ1n) is 9.87. The van der Waals surface area contributed by atoms with Crippen molar-refractivity contribution in [2.75, 3.05) is 11.9 Å². The van der Waals surface area contributed by atoms with Crippen molar-refractivity contribution in [2.45, 2.75) is 56.4 Å². The predicted octanol–water partition coefficient (Wildman–Crippen LogP) is 4.05. The molecule has 0 radical (unpaired) electrons. The third-order valence-corrected chi connectivity index (χ3v) is 6.50. The maximum absolute atomic E-state index is 12.7. The van der Waals surface area contributed by atoms with Gasteiger partial charge in [-0.1, -0.05) is 31.4 Å². The van der Waals surface area contributed by atoms with Crippen molar-refractivity contribution >= 4 is 11.6 Å². The van der Waals surface area contributed by atoms with Gasteiger partial charge in [0.25, 0.3) is 5.91 Å². The molecule has 1 amide bonds.